The van der Waals surface area contributed by atoms with Gasteiger partial charge in [0, 0.05) is 19.6 Å². The monoisotopic (exact) mass is 191 g/mol. The minimum absolute atomic E-state index is 0.138. The highest BCUT2D eigenvalue weighted by Crippen LogP contribution is 2.47. The van der Waals surface area contributed by atoms with Gasteiger partial charge in [0.05, 0.1) is 0 Å². The molecule has 0 aromatic heterocycles. The van der Waals surface area contributed by atoms with Crippen LogP contribution in [0.25, 0.3) is 0 Å². The average Bonchev–Trinajstić information content (AvgIpc) is 1.90. The molecule has 1 aliphatic heterocycles. The van der Waals surface area contributed by atoms with Crippen molar-refractivity contribution >= 4 is 0 Å². The van der Waals surface area contributed by atoms with Crippen LogP contribution in [0.3, 0.4) is 0 Å². The number of aliphatic hydroxyl groups is 1. The molecule has 2 rings (SSSR count). The second kappa shape index (κ2) is 3.17. The van der Waals surface area contributed by atoms with E-state index in [1.54, 1.807) is 0 Å². The third kappa shape index (κ3) is 1.70. The molecule has 2 fully saturated rings. The van der Waals surface area contributed by atoms with Crippen LogP contribution in [-0.4, -0.2) is 42.2 Å². The molecule has 0 bridgehead atoms. The van der Waals surface area contributed by atoms with Crippen molar-refractivity contribution in [1.82, 2.24) is 4.90 Å². The zero-order valence-electron chi connectivity index (χ0n) is 7.55. The van der Waals surface area contributed by atoms with Gasteiger partial charge in [0.2, 0.25) is 0 Å². The van der Waals surface area contributed by atoms with Gasteiger partial charge in [0.15, 0.2) is 0 Å². The topological polar surface area (TPSA) is 23.5 Å². The van der Waals surface area contributed by atoms with Crippen LogP contribution < -0.4 is 0 Å². The van der Waals surface area contributed by atoms with Crippen molar-refractivity contribution in [3.63, 3.8) is 0 Å². The quantitative estimate of drug-likeness (QED) is 0.722. The summed E-state index contributed by atoms with van der Waals surface area (Å²) in [5, 5.41) is 8.93. The largest absolute Gasteiger partial charge is 0.386 e. The van der Waals surface area contributed by atoms with E-state index < -0.39 is 12.5 Å². The summed E-state index contributed by atoms with van der Waals surface area (Å²) in [5.41, 5.74) is 0.460. The highest BCUT2D eigenvalue weighted by molar-refractivity contribution is 5.00. The third-order valence-electron chi connectivity index (χ3n) is 3.27. The standard InChI is InChI=1S/C9H15F2NO/c10-8(11)7(13)4-12-5-9(6-12)2-1-3-9/h7-8,13H,1-6H2. The molecule has 76 valence electrons. The van der Waals surface area contributed by atoms with Crippen molar-refractivity contribution in [3.8, 4) is 0 Å². The maximum absolute atomic E-state index is 12.0. The minimum Gasteiger partial charge on any atom is -0.386 e. The number of aliphatic hydroxyl groups excluding tert-OH is 1. The van der Waals surface area contributed by atoms with E-state index in [9.17, 15) is 8.78 Å². The van der Waals surface area contributed by atoms with E-state index in [-0.39, 0.29) is 6.54 Å². The van der Waals surface area contributed by atoms with E-state index >= 15 is 0 Å². The summed E-state index contributed by atoms with van der Waals surface area (Å²) in [6, 6.07) is 0. The average molecular weight is 191 g/mol. The molecule has 1 saturated carbocycles. The second-order valence-corrected chi connectivity index (χ2v) is 4.42. The molecule has 0 aromatic rings. The van der Waals surface area contributed by atoms with Crippen molar-refractivity contribution in [3.05, 3.63) is 0 Å². The van der Waals surface area contributed by atoms with E-state index in [0.717, 1.165) is 13.1 Å². The van der Waals surface area contributed by atoms with Gasteiger partial charge in [-0.3, -0.25) is 4.90 Å². The summed E-state index contributed by atoms with van der Waals surface area (Å²) in [6.07, 6.45) is -0.288. The Bertz CT molecular complexity index is 186. The van der Waals surface area contributed by atoms with Crippen molar-refractivity contribution in [1.29, 1.82) is 0 Å². The lowest BCUT2D eigenvalue weighted by molar-refractivity contribution is -0.0986. The van der Waals surface area contributed by atoms with Crippen molar-refractivity contribution in [2.45, 2.75) is 31.8 Å². The first-order valence-electron chi connectivity index (χ1n) is 4.80. The zero-order valence-corrected chi connectivity index (χ0v) is 7.55. The minimum atomic E-state index is -2.60. The first-order valence-corrected chi connectivity index (χ1v) is 4.80. The molecule has 2 nitrogen and oxygen atoms in total. The Balaban J connectivity index is 1.69. The predicted molar refractivity (Wildman–Crippen MR) is 44.7 cm³/mol. The molecular weight excluding hydrogens is 176 g/mol. The first-order chi connectivity index (χ1) is 6.11. The normalized spacial score (nSPS) is 28.6. The Morgan fingerprint density at radius 1 is 1.31 bits per heavy atom. The number of hydrogen-bond acceptors (Lipinski definition) is 2. The van der Waals surface area contributed by atoms with Gasteiger partial charge in [0.25, 0.3) is 6.43 Å². The number of nitrogens with zero attached hydrogens (tertiary/aromatic N) is 1. The first kappa shape index (κ1) is 9.34. The van der Waals surface area contributed by atoms with E-state index in [4.69, 9.17) is 5.11 Å². The highest BCUT2D eigenvalue weighted by Gasteiger charge is 2.47. The number of halogens is 2. The maximum atomic E-state index is 12.0. The van der Waals surface area contributed by atoms with Crippen LogP contribution in [0.2, 0.25) is 0 Å². The molecule has 0 aromatic carbocycles. The number of alkyl halides is 2. The molecule has 1 unspecified atom stereocenters. The summed E-state index contributed by atoms with van der Waals surface area (Å²) in [4.78, 5) is 1.93. The molecule has 1 N–H and O–H groups in total. The van der Waals surface area contributed by atoms with E-state index in [2.05, 4.69) is 0 Å². The van der Waals surface area contributed by atoms with Gasteiger partial charge in [-0.1, -0.05) is 6.42 Å². The van der Waals surface area contributed by atoms with Crippen LogP contribution in [-0.2, 0) is 0 Å². The Labute approximate surface area is 76.5 Å². The van der Waals surface area contributed by atoms with Crippen LogP contribution in [0.1, 0.15) is 19.3 Å². The van der Waals surface area contributed by atoms with Crippen LogP contribution in [0.5, 0.6) is 0 Å². The van der Waals surface area contributed by atoms with Crippen molar-refractivity contribution < 1.29 is 13.9 Å². The molecule has 1 saturated heterocycles. The van der Waals surface area contributed by atoms with Gasteiger partial charge in [-0.2, -0.15) is 0 Å². The van der Waals surface area contributed by atoms with E-state index in [1.165, 1.54) is 19.3 Å². The third-order valence-corrected chi connectivity index (χ3v) is 3.27. The lowest BCUT2D eigenvalue weighted by Crippen LogP contribution is -2.61. The Morgan fingerprint density at radius 2 is 1.92 bits per heavy atom. The van der Waals surface area contributed by atoms with E-state index in [0.29, 0.717) is 5.41 Å². The zero-order chi connectivity index (χ0) is 9.47. The van der Waals surface area contributed by atoms with Crippen LogP contribution >= 0.6 is 0 Å². The Morgan fingerprint density at radius 3 is 2.31 bits per heavy atom. The SMILES string of the molecule is OC(CN1CC2(CCC2)C1)C(F)F. The van der Waals surface area contributed by atoms with Crippen LogP contribution in [0.15, 0.2) is 0 Å². The number of hydrogen-bond donors (Lipinski definition) is 1. The highest BCUT2D eigenvalue weighted by atomic mass is 19.3. The molecule has 2 aliphatic rings. The fourth-order valence-corrected chi connectivity index (χ4v) is 2.37. The Kier molecular flexibility index (Phi) is 2.28. The maximum Gasteiger partial charge on any atom is 0.265 e. The lowest BCUT2D eigenvalue weighted by atomic mass is 9.63. The van der Waals surface area contributed by atoms with Gasteiger partial charge in [-0.05, 0) is 18.3 Å². The molecule has 1 atom stereocenters. The lowest BCUT2D eigenvalue weighted by Gasteiger charge is -2.56. The molecular formula is C9H15F2NO. The van der Waals surface area contributed by atoms with E-state index in [1.807, 2.05) is 4.90 Å². The molecule has 1 spiro atoms. The van der Waals surface area contributed by atoms with Gasteiger partial charge in [-0.15, -0.1) is 0 Å². The molecule has 4 heteroatoms. The van der Waals surface area contributed by atoms with Crippen molar-refractivity contribution in [2.24, 2.45) is 5.41 Å². The van der Waals surface area contributed by atoms with Gasteiger partial charge >= 0.3 is 0 Å². The number of β-amino-alcohol motifs (C(OH)–C–C–N with tert-alkyl or cyclic N) is 1. The molecule has 13 heavy (non-hydrogen) atoms. The van der Waals surface area contributed by atoms with Crippen LogP contribution in [0, 0.1) is 5.41 Å². The second-order valence-electron chi connectivity index (χ2n) is 4.42. The molecule has 1 aliphatic carbocycles. The summed E-state index contributed by atoms with van der Waals surface area (Å²) in [5.74, 6) is 0. The predicted octanol–water partition coefficient (Wildman–Crippen LogP) is 1.10. The summed E-state index contributed by atoms with van der Waals surface area (Å²) >= 11 is 0. The fourth-order valence-electron chi connectivity index (χ4n) is 2.37. The summed E-state index contributed by atoms with van der Waals surface area (Å²) in [7, 11) is 0. The van der Waals surface area contributed by atoms with Gasteiger partial charge < -0.3 is 5.11 Å². The fraction of sp³-hybridized carbons (Fsp3) is 1.00. The van der Waals surface area contributed by atoms with Gasteiger partial charge in [0.1, 0.15) is 6.10 Å². The molecule has 1 heterocycles. The number of likely N-dealkylation sites (tertiary alicyclic amines) is 1. The van der Waals surface area contributed by atoms with Gasteiger partial charge in [-0.25, -0.2) is 8.78 Å². The summed E-state index contributed by atoms with van der Waals surface area (Å²) < 4.78 is 23.9. The van der Waals surface area contributed by atoms with Crippen molar-refractivity contribution in [2.75, 3.05) is 19.6 Å². The summed E-state index contributed by atoms with van der Waals surface area (Å²) in [6.45, 7) is 1.97. The molecule has 0 radical (unpaired) electrons. The van der Waals surface area contributed by atoms with Crippen LogP contribution in [0.4, 0.5) is 8.78 Å². The molecule has 0 amide bonds. The smallest absolute Gasteiger partial charge is 0.265 e. The number of rotatable bonds is 3. The Hall–Kier alpha value is -0.220.